The summed E-state index contributed by atoms with van der Waals surface area (Å²) in [5, 5.41) is 2.97. The highest BCUT2D eigenvalue weighted by Crippen LogP contribution is 2.13. The number of halogens is 3. The highest BCUT2D eigenvalue weighted by atomic mass is 19.4. The molecule has 2 rings (SSSR count). The van der Waals surface area contributed by atoms with Crippen LogP contribution < -0.4 is 11.1 Å². The van der Waals surface area contributed by atoms with Crippen molar-refractivity contribution in [2.45, 2.75) is 39.1 Å². The molecule has 2 amide bonds. The van der Waals surface area contributed by atoms with Crippen LogP contribution in [0.15, 0.2) is 67.3 Å². The minimum absolute atomic E-state index is 0.000946. The van der Waals surface area contributed by atoms with E-state index in [1.807, 2.05) is 68.4 Å². The second kappa shape index (κ2) is 15.7. The van der Waals surface area contributed by atoms with E-state index in [0.29, 0.717) is 19.6 Å². The molecule has 1 unspecified atom stereocenters. The summed E-state index contributed by atoms with van der Waals surface area (Å²) in [4.78, 5) is 20.6. The predicted molar refractivity (Wildman–Crippen MR) is 115 cm³/mol. The molecule has 8 heteroatoms. The van der Waals surface area contributed by atoms with E-state index >= 15 is 0 Å². The molecule has 0 spiro atoms. The van der Waals surface area contributed by atoms with Crippen molar-refractivity contribution in [3.05, 3.63) is 83.9 Å². The quantitative estimate of drug-likeness (QED) is 0.505. The number of rotatable bonds is 7. The van der Waals surface area contributed by atoms with Gasteiger partial charge < -0.3 is 15.8 Å². The van der Waals surface area contributed by atoms with Crippen LogP contribution in [0.2, 0.25) is 0 Å². The molecule has 3 N–H and O–H groups in total. The van der Waals surface area contributed by atoms with Crippen molar-refractivity contribution < 1.29 is 27.5 Å². The van der Waals surface area contributed by atoms with Crippen LogP contribution in [0.4, 0.5) is 13.2 Å². The smallest absolute Gasteiger partial charge is 0.375 e. The van der Waals surface area contributed by atoms with Crippen molar-refractivity contribution in [3.8, 4) is 0 Å². The average molecular weight is 438 g/mol. The van der Waals surface area contributed by atoms with Gasteiger partial charge in [-0.05, 0) is 25.0 Å². The highest BCUT2D eigenvalue weighted by molar-refractivity contribution is 5.78. The largest absolute Gasteiger partial charge is 0.409 e. The maximum atomic E-state index is 12.0. The first kappa shape index (κ1) is 27.9. The van der Waals surface area contributed by atoms with Gasteiger partial charge in [0.15, 0.2) is 0 Å². The number of hydrogen-bond donors (Lipinski definition) is 2. The van der Waals surface area contributed by atoms with Gasteiger partial charge in [-0.25, -0.2) is 0 Å². The third-order valence-electron chi connectivity index (χ3n) is 3.57. The Hall–Kier alpha value is -3.13. The lowest BCUT2D eigenvalue weighted by Crippen LogP contribution is -2.36. The molecule has 0 aliphatic rings. The zero-order valence-corrected chi connectivity index (χ0v) is 17.7. The summed E-state index contributed by atoms with van der Waals surface area (Å²) in [5.41, 5.74) is 7.51. The van der Waals surface area contributed by atoms with Gasteiger partial charge in [-0.3, -0.25) is 9.59 Å². The van der Waals surface area contributed by atoms with E-state index in [1.165, 1.54) is 5.56 Å². The van der Waals surface area contributed by atoms with Crippen LogP contribution in [0.5, 0.6) is 0 Å². The van der Waals surface area contributed by atoms with Crippen LogP contribution in [-0.4, -0.2) is 31.1 Å². The second-order valence-corrected chi connectivity index (χ2v) is 6.52. The van der Waals surface area contributed by atoms with Gasteiger partial charge in [0.1, 0.15) is 0 Å². The van der Waals surface area contributed by atoms with Crippen LogP contribution in [0.25, 0.3) is 0 Å². The summed E-state index contributed by atoms with van der Waals surface area (Å²) in [6.07, 6.45) is -3.60. The minimum atomic E-state index is -4.19. The van der Waals surface area contributed by atoms with Gasteiger partial charge in [-0.15, -0.1) is 0 Å². The number of ether oxygens (including phenoxy) is 1. The molecule has 0 fully saturated rings. The summed E-state index contributed by atoms with van der Waals surface area (Å²) in [6, 6.07) is 18.0. The third kappa shape index (κ3) is 16.4. The Labute approximate surface area is 181 Å². The Bertz CT molecular complexity index is 781. The van der Waals surface area contributed by atoms with E-state index in [4.69, 9.17) is 9.53 Å². The van der Waals surface area contributed by atoms with Crippen LogP contribution in [0, 0.1) is 6.92 Å². The molecule has 170 valence electrons. The summed E-state index contributed by atoms with van der Waals surface area (Å²) in [7, 11) is 0. The Balaban J connectivity index is 0.000000848. The van der Waals surface area contributed by atoms with Crippen molar-refractivity contribution in [2.24, 2.45) is 5.73 Å². The number of carbonyl (C=O) groups excluding carboxylic acids is 2. The molecular weight excluding hydrogens is 409 g/mol. The van der Waals surface area contributed by atoms with E-state index in [0.717, 1.165) is 11.1 Å². The van der Waals surface area contributed by atoms with E-state index in [2.05, 4.69) is 17.6 Å². The van der Waals surface area contributed by atoms with Crippen molar-refractivity contribution in [1.29, 1.82) is 0 Å². The topological polar surface area (TPSA) is 81.4 Å². The first-order valence-electron chi connectivity index (χ1n) is 9.43. The van der Waals surface area contributed by atoms with Gasteiger partial charge in [-0.1, -0.05) is 66.7 Å². The van der Waals surface area contributed by atoms with Gasteiger partial charge in [-0.2, -0.15) is 13.2 Å². The molecule has 0 aromatic heterocycles. The Morgan fingerprint density at radius 1 is 1.16 bits per heavy atom. The maximum Gasteiger partial charge on any atom is 0.409 e. The minimum Gasteiger partial charge on any atom is -0.375 e. The number of nitrogens with two attached hydrogens (primary N) is 1. The lowest BCUT2D eigenvalue weighted by atomic mass is 10.1. The SMILES string of the molecule is C=CC(F)(F)F.Cc1cccc(CC(=O)NC(C)COCc2ccccc2)c1.NC=O. The molecule has 0 heterocycles. The van der Waals surface area contributed by atoms with Gasteiger partial charge in [0.05, 0.1) is 19.6 Å². The zero-order chi connectivity index (χ0) is 23.7. The van der Waals surface area contributed by atoms with Crippen LogP contribution >= 0.6 is 0 Å². The fraction of sp³-hybridized carbons (Fsp3) is 0.304. The number of benzene rings is 2. The van der Waals surface area contributed by atoms with E-state index in [1.54, 1.807) is 0 Å². The number of primary amides is 1. The van der Waals surface area contributed by atoms with Gasteiger partial charge >= 0.3 is 6.18 Å². The molecule has 0 aliphatic heterocycles. The number of aryl methyl sites for hydroxylation is 1. The number of amides is 2. The Kier molecular flexibility index (Phi) is 14.1. The Morgan fingerprint density at radius 3 is 2.23 bits per heavy atom. The monoisotopic (exact) mass is 438 g/mol. The summed E-state index contributed by atoms with van der Waals surface area (Å²) in [6.45, 7) is 7.57. The van der Waals surface area contributed by atoms with Gasteiger partial charge in [0.25, 0.3) is 0 Å². The van der Waals surface area contributed by atoms with Gasteiger partial charge in [0, 0.05) is 12.1 Å². The van der Waals surface area contributed by atoms with Crippen molar-refractivity contribution in [1.82, 2.24) is 5.32 Å². The fourth-order valence-corrected chi connectivity index (χ4v) is 2.30. The molecule has 2 aromatic rings. The van der Waals surface area contributed by atoms with E-state index < -0.39 is 6.18 Å². The molecule has 1 atom stereocenters. The first-order chi connectivity index (χ1) is 14.6. The third-order valence-corrected chi connectivity index (χ3v) is 3.57. The molecule has 31 heavy (non-hydrogen) atoms. The van der Waals surface area contributed by atoms with Crippen LogP contribution in [-0.2, 0) is 27.4 Å². The summed E-state index contributed by atoms with van der Waals surface area (Å²) >= 11 is 0. The lowest BCUT2D eigenvalue weighted by molar-refractivity contribution is -0.121. The van der Waals surface area contributed by atoms with E-state index in [9.17, 15) is 18.0 Å². The molecule has 0 saturated carbocycles. The number of nitrogens with one attached hydrogen (secondary N) is 1. The molecule has 0 radical (unpaired) electrons. The maximum absolute atomic E-state index is 12.0. The van der Waals surface area contributed by atoms with Gasteiger partial charge in [0.2, 0.25) is 12.3 Å². The zero-order valence-electron chi connectivity index (χ0n) is 17.7. The fourth-order valence-electron chi connectivity index (χ4n) is 2.30. The number of alkyl halides is 3. The summed E-state index contributed by atoms with van der Waals surface area (Å²) < 4.78 is 37.6. The predicted octanol–water partition coefficient (Wildman–Crippen LogP) is 4.10. The van der Waals surface area contributed by atoms with Crippen molar-refractivity contribution >= 4 is 12.3 Å². The molecule has 2 aromatic carbocycles. The number of carbonyl (C=O) groups is 2. The van der Waals surface area contributed by atoms with E-state index in [-0.39, 0.29) is 24.4 Å². The molecular formula is C23H29F3N2O3. The normalized spacial score (nSPS) is 11.0. The highest BCUT2D eigenvalue weighted by Gasteiger charge is 2.19. The second-order valence-electron chi connectivity index (χ2n) is 6.52. The molecule has 0 bridgehead atoms. The molecule has 0 saturated heterocycles. The van der Waals surface area contributed by atoms with Crippen LogP contribution in [0.1, 0.15) is 23.6 Å². The summed E-state index contributed by atoms with van der Waals surface area (Å²) in [5.74, 6) is 0.0291. The Morgan fingerprint density at radius 2 is 1.71 bits per heavy atom. The van der Waals surface area contributed by atoms with Crippen molar-refractivity contribution in [3.63, 3.8) is 0 Å². The standard InChI is InChI=1S/C19H23NO2.C3H3F3.CH3NO/c1-15-7-6-10-18(11-15)12-19(21)20-16(2)13-22-14-17-8-4-3-5-9-17;1-2-3(4,5)6;2-1-3/h3-11,16H,12-14H2,1-2H3,(H,20,21);2H,1H2;1H,(H2,2,3). The lowest BCUT2D eigenvalue weighted by Gasteiger charge is -2.14. The first-order valence-corrected chi connectivity index (χ1v) is 9.43. The van der Waals surface area contributed by atoms with Crippen molar-refractivity contribution in [2.75, 3.05) is 6.61 Å². The number of allylic oxidation sites excluding steroid dienone is 1. The number of hydrogen-bond acceptors (Lipinski definition) is 3. The molecule has 0 aliphatic carbocycles. The van der Waals surface area contributed by atoms with Crippen LogP contribution in [0.3, 0.4) is 0 Å². The average Bonchev–Trinajstić information content (AvgIpc) is 2.69. The molecule has 5 nitrogen and oxygen atoms in total.